The van der Waals surface area contributed by atoms with Crippen LogP contribution >= 0.6 is 0 Å². The number of amides is 1. The molecule has 7 heteroatoms. The first-order valence-electron chi connectivity index (χ1n) is 6.47. The average Bonchev–Trinajstić information content (AvgIpc) is 2.90. The number of hydrogen-bond donors (Lipinski definition) is 2. The second kappa shape index (κ2) is 5.82. The van der Waals surface area contributed by atoms with E-state index in [9.17, 15) is 9.59 Å². The van der Waals surface area contributed by atoms with Crippen molar-refractivity contribution in [3.8, 4) is 0 Å². The van der Waals surface area contributed by atoms with Gasteiger partial charge in [-0.2, -0.15) is 5.10 Å². The summed E-state index contributed by atoms with van der Waals surface area (Å²) >= 11 is 0. The first-order valence-corrected chi connectivity index (χ1v) is 6.47. The highest BCUT2D eigenvalue weighted by molar-refractivity contribution is 5.88. The summed E-state index contributed by atoms with van der Waals surface area (Å²) in [5.74, 6) is -0.527. The molecule has 1 amide bonds. The van der Waals surface area contributed by atoms with E-state index in [-0.39, 0.29) is 24.6 Å². The molecule has 112 valence electrons. The summed E-state index contributed by atoms with van der Waals surface area (Å²) in [6.45, 7) is 5.57. The predicted octanol–water partition coefficient (Wildman–Crippen LogP) is 1.42. The van der Waals surface area contributed by atoms with E-state index in [4.69, 9.17) is 9.52 Å². The molecule has 0 spiro atoms. The lowest BCUT2D eigenvalue weighted by Crippen LogP contribution is -2.27. The van der Waals surface area contributed by atoms with Gasteiger partial charge in [0.15, 0.2) is 0 Å². The zero-order chi connectivity index (χ0) is 15.6. The van der Waals surface area contributed by atoms with Gasteiger partial charge in [-0.1, -0.05) is 0 Å². The molecule has 0 aliphatic carbocycles. The molecule has 0 saturated carbocycles. The molecule has 7 nitrogen and oxygen atoms in total. The molecule has 0 aliphatic heterocycles. The van der Waals surface area contributed by atoms with Crippen molar-refractivity contribution in [2.45, 2.75) is 33.9 Å². The Morgan fingerprint density at radius 1 is 1.33 bits per heavy atom. The molecular weight excluding hydrogens is 274 g/mol. The Morgan fingerprint density at radius 3 is 2.57 bits per heavy atom. The van der Waals surface area contributed by atoms with E-state index in [1.807, 2.05) is 19.9 Å². The van der Waals surface area contributed by atoms with Crippen molar-refractivity contribution in [1.82, 2.24) is 15.1 Å². The van der Waals surface area contributed by atoms with Crippen LogP contribution in [-0.4, -0.2) is 26.8 Å². The molecule has 2 rings (SSSR count). The maximum atomic E-state index is 11.8. The van der Waals surface area contributed by atoms with E-state index in [0.717, 1.165) is 11.4 Å². The van der Waals surface area contributed by atoms with E-state index in [1.54, 1.807) is 11.6 Å². The number of aromatic carboxylic acids is 1. The zero-order valence-electron chi connectivity index (χ0n) is 12.1. The number of carboxylic acid groups (broad SMARTS) is 1. The Kier molecular flexibility index (Phi) is 4.11. The molecule has 0 aromatic carbocycles. The molecule has 0 saturated heterocycles. The predicted molar refractivity (Wildman–Crippen MR) is 74.0 cm³/mol. The maximum absolute atomic E-state index is 11.8. The molecule has 2 aromatic heterocycles. The highest BCUT2D eigenvalue weighted by Crippen LogP contribution is 2.14. The van der Waals surface area contributed by atoms with Gasteiger partial charge in [-0.3, -0.25) is 9.48 Å². The van der Waals surface area contributed by atoms with E-state index in [1.165, 1.54) is 6.07 Å². The number of aromatic nitrogens is 2. The van der Waals surface area contributed by atoms with Crippen molar-refractivity contribution >= 4 is 11.9 Å². The van der Waals surface area contributed by atoms with Gasteiger partial charge >= 0.3 is 5.97 Å². The first-order chi connectivity index (χ1) is 9.86. The first kappa shape index (κ1) is 14.8. The van der Waals surface area contributed by atoms with Crippen LogP contribution < -0.4 is 5.32 Å². The fraction of sp³-hybridized carbons (Fsp3) is 0.357. The fourth-order valence-corrected chi connectivity index (χ4v) is 2.06. The fourth-order valence-electron chi connectivity index (χ4n) is 2.06. The van der Waals surface area contributed by atoms with Crippen LogP contribution in [0.5, 0.6) is 0 Å². The molecule has 0 fully saturated rings. The van der Waals surface area contributed by atoms with Gasteiger partial charge in [0, 0.05) is 5.69 Å². The zero-order valence-corrected chi connectivity index (χ0v) is 12.1. The Hall–Kier alpha value is -2.57. The van der Waals surface area contributed by atoms with Gasteiger partial charge in [0.05, 0.1) is 12.2 Å². The van der Waals surface area contributed by atoms with Crippen LogP contribution in [0.15, 0.2) is 16.5 Å². The van der Waals surface area contributed by atoms with Crippen molar-refractivity contribution in [2.24, 2.45) is 0 Å². The number of nitrogens with one attached hydrogen (secondary N) is 1. The standard InChI is InChI=1S/C14H17N3O4/c1-8-4-9(2)17(16-8)7-13(18)15-6-11-5-12(14(19)20)10(3)21-11/h4-5H,6-7H2,1-3H3,(H,15,18)(H,19,20). The third-order valence-electron chi connectivity index (χ3n) is 3.06. The maximum Gasteiger partial charge on any atom is 0.339 e. The molecule has 2 heterocycles. The van der Waals surface area contributed by atoms with Crippen molar-refractivity contribution in [3.05, 3.63) is 40.6 Å². The summed E-state index contributed by atoms with van der Waals surface area (Å²) in [7, 11) is 0. The number of furan rings is 1. The number of carboxylic acids is 1. The highest BCUT2D eigenvalue weighted by atomic mass is 16.4. The van der Waals surface area contributed by atoms with Crippen LogP contribution in [0.25, 0.3) is 0 Å². The van der Waals surface area contributed by atoms with Gasteiger partial charge in [0.1, 0.15) is 23.6 Å². The number of rotatable bonds is 5. The molecule has 2 aromatic rings. The monoisotopic (exact) mass is 291 g/mol. The Balaban J connectivity index is 1.94. The van der Waals surface area contributed by atoms with Gasteiger partial charge in [0.25, 0.3) is 0 Å². The lowest BCUT2D eigenvalue weighted by atomic mass is 10.2. The second-order valence-electron chi connectivity index (χ2n) is 4.85. The van der Waals surface area contributed by atoms with Gasteiger partial charge in [0.2, 0.25) is 5.91 Å². The molecule has 21 heavy (non-hydrogen) atoms. The minimum atomic E-state index is -1.04. The Morgan fingerprint density at radius 2 is 2.05 bits per heavy atom. The van der Waals surface area contributed by atoms with E-state index in [2.05, 4.69) is 10.4 Å². The second-order valence-corrected chi connectivity index (χ2v) is 4.85. The summed E-state index contributed by atoms with van der Waals surface area (Å²) in [6.07, 6.45) is 0. The highest BCUT2D eigenvalue weighted by Gasteiger charge is 2.14. The molecule has 2 N–H and O–H groups in total. The largest absolute Gasteiger partial charge is 0.478 e. The number of nitrogens with zero attached hydrogens (tertiary/aromatic N) is 2. The third-order valence-corrected chi connectivity index (χ3v) is 3.06. The molecule has 0 aliphatic rings. The number of carbonyl (C=O) groups excluding carboxylic acids is 1. The van der Waals surface area contributed by atoms with E-state index >= 15 is 0 Å². The van der Waals surface area contributed by atoms with Crippen molar-refractivity contribution in [3.63, 3.8) is 0 Å². The lowest BCUT2D eigenvalue weighted by molar-refractivity contribution is -0.122. The topological polar surface area (TPSA) is 97.4 Å². The van der Waals surface area contributed by atoms with Crippen molar-refractivity contribution < 1.29 is 19.1 Å². The van der Waals surface area contributed by atoms with Crippen LogP contribution in [0.4, 0.5) is 0 Å². The number of hydrogen-bond acceptors (Lipinski definition) is 4. The lowest BCUT2D eigenvalue weighted by Gasteiger charge is -2.05. The summed E-state index contributed by atoms with van der Waals surface area (Å²) in [4.78, 5) is 22.7. The van der Waals surface area contributed by atoms with Gasteiger partial charge < -0.3 is 14.8 Å². The summed E-state index contributed by atoms with van der Waals surface area (Å²) < 4.78 is 6.90. The Bertz CT molecular complexity index is 684. The average molecular weight is 291 g/mol. The quantitative estimate of drug-likeness (QED) is 0.868. The minimum Gasteiger partial charge on any atom is -0.478 e. The third kappa shape index (κ3) is 3.50. The normalized spacial score (nSPS) is 10.6. The van der Waals surface area contributed by atoms with Gasteiger partial charge in [-0.25, -0.2) is 4.79 Å². The van der Waals surface area contributed by atoms with Crippen molar-refractivity contribution in [1.29, 1.82) is 0 Å². The SMILES string of the molecule is Cc1cc(C)n(CC(=O)NCc2cc(C(=O)O)c(C)o2)n1. The van der Waals surface area contributed by atoms with Gasteiger partial charge in [-0.05, 0) is 32.9 Å². The summed E-state index contributed by atoms with van der Waals surface area (Å²) in [5.41, 5.74) is 1.87. The number of aryl methyl sites for hydroxylation is 3. The van der Waals surface area contributed by atoms with Crippen LogP contribution in [0, 0.1) is 20.8 Å². The summed E-state index contributed by atoms with van der Waals surface area (Å²) in [5, 5.41) is 15.8. The molecule has 0 atom stereocenters. The number of carbonyl (C=O) groups is 2. The van der Waals surface area contributed by atoms with Crippen LogP contribution in [0.2, 0.25) is 0 Å². The molecule has 0 radical (unpaired) electrons. The van der Waals surface area contributed by atoms with Crippen LogP contribution in [0.1, 0.15) is 33.3 Å². The molecule has 0 unspecified atom stereocenters. The van der Waals surface area contributed by atoms with Crippen LogP contribution in [0.3, 0.4) is 0 Å². The molecular formula is C14H17N3O4. The van der Waals surface area contributed by atoms with E-state index in [0.29, 0.717) is 11.5 Å². The van der Waals surface area contributed by atoms with Crippen LogP contribution in [-0.2, 0) is 17.9 Å². The molecule has 0 bridgehead atoms. The van der Waals surface area contributed by atoms with Gasteiger partial charge in [-0.15, -0.1) is 0 Å². The Labute approximate surface area is 121 Å². The summed E-state index contributed by atoms with van der Waals surface area (Å²) in [6, 6.07) is 3.31. The smallest absolute Gasteiger partial charge is 0.339 e. The van der Waals surface area contributed by atoms with Crippen molar-refractivity contribution in [2.75, 3.05) is 0 Å². The van der Waals surface area contributed by atoms with E-state index < -0.39 is 5.97 Å². The minimum absolute atomic E-state index is 0.109.